The van der Waals surface area contributed by atoms with Gasteiger partial charge in [0.15, 0.2) is 0 Å². The van der Waals surface area contributed by atoms with Gasteiger partial charge in [-0.1, -0.05) is 11.6 Å². The lowest BCUT2D eigenvalue weighted by Gasteiger charge is -2.17. The van der Waals surface area contributed by atoms with Gasteiger partial charge in [-0.3, -0.25) is 0 Å². The summed E-state index contributed by atoms with van der Waals surface area (Å²) in [6, 6.07) is 14.2. The summed E-state index contributed by atoms with van der Waals surface area (Å²) < 4.78 is 10.5. The largest absolute Gasteiger partial charge is 0.497 e. The molecule has 0 bridgehead atoms. The van der Waals surface area contributed by atoms with Crippen LogP contribution < -0.4 is 14.8 Å². The van der Waals surface area contributed by atoms with Gasteiger partial charge in [0.2, 0.25) is 0 Å². The van der Waals surface area contributed by atoms with Crippen LogP contribution in [0.5, 0.6) is 11.5 Å². The Kier molecular flexibility index (Phi) is 4.91. The van der Waals surface area contributed by atoms with Gasteiger partial charge < -0.3 is 14.8 Å². The Morgan fingerprint density at radius 1 is 1.10 bits per heavy atom. The highest BCUT2D eigenvalue weighted by atomic mass is 35.5. The van der Waals surface area contributed by atoms with Crippen molar-refractivity contribution in [2.45, 2.75) is 6.04 Å². The molecule has 0 spiro atoms. The minimum absolute atomic E-state index is 0.535. The molecular weight excluding hydrogens is 288 g/mol. The average molecular weight is 303 g/mol. The summed E-state index contributed by atoms with van der Waals surface area (Å²) in [6.07, 6.45) is 0. The van der Waals surface area contributed by atoms with E-state index in [2.05, 4.69) is 11.4 Å². The molecule has 0 aliphatic carbocycles. The molecule has 2 aromatic rings. The summed E-state index contributed by atoms with van der Waals surface area (Å²) in [5, 5.41) is 13.2. The van der Waals surface area contributed by atoms with E-state index in [1.807, 2.05) is 18.2 Å². The third kappa shape index (κ3) is 3.59. The van der Waals surface area contributed by atoms with Gasteiger partial charge in [-0.15, -0.1) is 0 Å². The second-order valence-electron chi connectivity index (χ2n) is 4.32. The first-order valence-electron chi connectivity index (χ1n) is 6.31. The summed E-state index contributed by atoms with van der Waals surface area (Å²) in [7, 11) is 3.15. The molecule has 0 aromatic heterocycles. The molecule has 108 valence electrons. The molecule has 0 saturated carbocycles. The minimum Gasteiger partial charge on any atom is -0.497 e. The molecule has 5 heteroatoms. The molecule has 0 saturated heterocycles. The molecule has 2 rings (SSSR count). The number of methoxy groups -OCH3 is 2. The van der Waals surface area contributed by atoms with Crippen molar-refractivity contribution in [2.24, 2.45) is 0 Å². The number of ether oxygens (including phenoxy) is 2. The maximum atomic E-state index is 9.42. The SMILES string of the molecule is COc1ccc(C(C#N)Nc2ccc(Cl)cc2)c(OC)c1. The number of hydrogen-bond donors (Lipinski definition) is 1. The van der Waals surface area contributed by atoms with Crippen LogP contribution in [0.15, 0.2) is 42.5 Å². The maximum Gasteiger partial charge on any atom is 0.143 e. The van der Waals surface area contributed by atoms with E-state index in [0.29, 0.717) is 16.5 Å². The normalized spacial score (nSPS) is 11.3. The predicted octanol–water partition coefficient (Wildman–Crippen LogP) is 4.03. The standard InChI is InChI=1S/C16H15ClN2O2/c1-20-13-7-8-14(16(9-13)21-2)15(10-18)19-12-5-3-11(17)4-6-12/h3-9,15,19H,1-2H3. The summed E-state index contributed by atoms with van der Waals surface area (Å²) in [5.74, 6) is 1.28. The van der Waals surface area contributed by atoms with E-state index in [9.17, 15) is 5.26 Å². The van der Waals surface area contributed by atoms with Gasteiger partial charge in [0, 0.05) is 22.3 Å². The Bertz CT molecular complexity index is 650. The molecule has 2 aromatic carbocycles. The molecule has 4 nitrogen and oxygen atoms in total. The molecular formula is C16H15ClN2O2. The molecule has 0 aliphatic heterocycles. The van der Waals surface area contributed by atoms with E-state index < -0.39 is 6.04 Å². The van der Waals surface area contributed by atoms with Crippen LogP contribution in [0.4, 0.5) is 5.69 Å². The van der Waals surface area contributed by atoms with Crippen LogP contribution in [0.1, 0.15) is 11.6 Å². The number of nitrogens with zero attached hydrogens (tertiary/aromatic N) is 1. The summed E-state index contributed by atoms with van der Waals surface area (Å²) in [5.41, 5.74) is 1.56. The Morgan fingerprint density at radius 3 is 2.38 bits per heavy atom. The second kappa shape index (κ2) is 6.87. The predicted molar refractivity (Wildman–Crippen MR) is 83.0 cm³/mol. The van der Waals surface area contributed by atoms with E-state index in [1.54, 1.807) is 38.5 Å². The third-order valence-electron chi connectivity index (χ3n) is 3.04. The van der Waals surface area contributed by atoms with E-state index in [4.69, 9.17) is 21.1 Å². The van der Waals surface area contributed by atoms with E-state index in [-0.39, 0.29) is 0 Å². The number of benzene rings is 2. The van der Waals surface area contributed by atoms with Gasteiger partial charge in [-0.05, 0) is 36.4 Å². The monoisotopic (exact) mass is 302 g/mol. The average Bonchev–Trinajstić information content (AvgIpc) is 2.53. The van der Waals surface area contributed by atoms with Crippen LogP contribution in [-0.4, -0.2) is 14.2 Å². The minimum atomic E-state index is -0.535. The number of nitrogens with one attached hydrogen (secondary N) is 1. The van der Waals surface area contributed by atoms with Crippen molar-refractivity contribution >= 4 is 17.3 Å². The number of halogens is 1. The first-order chi connectivity index (χ1) is 10.2. The summed E-state index contributed by atoms with van der Waals surface area (Å²) in [6.45, 7) is 0. The topological polar surface area (TPSA) is 54.3 Å². The van der Waals surface area contributed by atoms with Gasteiger partial charge in [0.25, 0.3) is 0 Å². The number of anilines is 1. The van der Waals surface area contributed by atoms with E-state index in [0.717, 1.165) is 11.3 Å². The first kappa shape index (κ1) is 15.0. The molecule has 0 amide bonds. The Hall–Kier alpha value is -2.38. The van der Waals surface area contributed by atoms with Gasteiger partial charge in [-0.2, -0.15) is 5.26 Å². The van der Waals surface area contributed by atoms with Crippen molar-refractivity contribution in [3.63, 3.8) is 0 Å². The van der Waals surface area contributed by atoms with Crippen LogP contribution in [0.25, 0.3) is 0 Å². The number of nitriles is 1. The summed E-state index contributed by atoms with van der Waals surface area (Å²) in [4.78, 5) is 0. The van der Waals surface area contributed by atoms with Crippen molar-refractivity contribution in [3.05, 3.63) is 53.1 Å². The smallest absolute Gasteiger partial charge is 0.143 e. The van der Waals surface area contributed by atoms with Gasteiger partial charge in [-0.25, -0.2) is 0 Å². The molecule has 21 heavy (non-hydrogen) atoms. The van der Waals surface area contributed by atoms with Crippen LogP contribution in [-0.2, 0) is 0 Å². The third-order valence-corrected chi connectivity index (χ3v) is 3.29. The molecule has 0 heterocycles. The molecule has 0 radical (unpaired) electrons. The zero-order valence-electron chi connectivity index (χ0n) is 11.8. The fourth-order valence-electron chi connectivity index (χ4n) is 1.95. The molecule has 1 unspecified atom stereocenters. The zero-order valence-corrected chi connectivity index (χ0v) is 12.5. The molecule has 0 fully saturated rings. The van der Waals surface area contributed by atoms with Crippen LogP contribution >= 0.6 is 11.6 Å². The number of rotatable bonds is 5. The molecule has 0 aliphatic rings. The lowest BCUT2D eigenvalue weighted by atomic mass is 10.1. The van der Waals surface area contributed by atoms with E-state index >= 15 is 0 Å². The van der Waals surface area contributed by atoms with Crippen molar-refractivity contribution in [3.8, 4) is 17.6 Å². The fraction of sp³-hybridized carbons (Fsp3) is 0.188. The highest BCUT2D eigenvalue weighted by Crippen LogP contribution is 2.31. The summed E-state index contributed by atoms with van der Waals surface area (Å²) >= 11 is 5.85. The van der Waals surface area contributed by atoms with Gasteiger partial charge in [0.05, 0.1) is 20.3 Å². The van der Waals surface area contributed by atoms with Crippen LogP contribution in [0.3, 0.4) is 0 Å². The van der Waals surface area contributed by atoms with Crippen molar-refractivity contribution < 1.29 is 9.47 Å². The highest BCUT2D eigenvalue weighted by molar-refractivity contribution is 6.30. The van der Waals surface area contributed by atoms with Gasteiger partial charge >= 0.3 is 0 Å². The van der Waals surface area contributed by atoms with Crippen LogP contribution in [0.2, 0.25) is 5.02 Å². The fourth-order valence-corrected chi connectivity index (χ4v) is 2.08. The van der Waals surface area contributed by atoms with Crippen molar-refractivity contribution in [1.29, 1.82) is 5.26 Å². The lowest BCUT2D eigenvalue weighted by Crippen LogP contribution is -2.10. The Labute approximate surface area is 128 Å². The maximum absolute atomic E-state index is 9.42. The first-order valence-corrected chi connectivity index (χ1v) is 6.69. The Morgan fingerprint density at radius 2 is 1.81 bits per heavy atom. The van der Waals surface area contributed by atoms with Crippen LogP contribution in [0, 0.1) is 11.3 Å². The zero-order chi connectivity index (χ0) is 15.2. The lowest BCUT2D eigenvalue weighted by molar-refractivity contribution is 0.390. The van der Waals surface area contributed by atoms with Crippen molar-refractivity contribution in [2.75, 3.05) is 19.5 Å². The number of hydrogen-bond acceptors (Lipinski definition) is 4. The highest BCUT2D eigenvalue weighted by Gasteiger charge is 2.16. The second-order valence-corrected chi connectivity index (χ2v) is 4.76. The van der Waals surface area contributed by atoms with E-state index in [1.165, 1.54) is 0 Å². The Balaban J connectivity index is 2.29. The van der Waals surface area contributed by atoms with Crippen molar-refractivity contribution in [1.82, 2.24) is 0 Å². The van der Waals surface area contributed by atoms with Gasteiger partial charge in [0.1, 0.15) is 17.5 Å². The molecule has 1 atom stereocenters. The molecule has 1 N–H and O–H groups in total. The quantitative estimate of drug-likeness (QED) is 0.906.